The molecule has 0 saturated heterocycles. The maximum atomic E-state index is 3.47. The second-order valence-electron chi connectivity index (χ2n) is 4.18. The van der Waals surface area contributed by atoms with Crippen molar-refractivity contribution < 1.29 is 0 Å². The average molecular weight is 183 g/mol. The van der Waals surface area contributed by atoms with Crippen LogP contribution in [0.1, 0.15) is 31.9 Å². The van der Waals surface area contributed by atoms with Gasteiger partial charge in [0.15, 0.2) is 0 Å². The number of thiophene rings is 1. The van der Waals surface area contributed by atoms with Gasteiger partial charge in [-0.15, -0.1) is 0 Å². The Balaban J connectivity index is 2.49. The lowest BCUT2D eigenvalue weighted by molar-refractivity contribution is 0.424. The second kappa shape index (κ2) is 3.58. The number of hydrogen-bond acceptors (Lipinski definition) is 2. The monoisotopic (exact) mass is 183 g/mol. The standard InChI is InChI=1S/C10H17NS/c1-8-6-12-7-9(8)5-11-10(2,3)4/h6-7,11H,5H2,1-4H3. The molecule has 0 aliphatic heterocycles. The van der Waals surface area contributed by atoms with Gasteiger partial charge in [0.25, 0.3) is 0 Å². The summed E-state index contributed by atoms with van der Waals surface area (Å²) in [6.07, 6.45) is 0. The minimum absolute atomic E-state index is 0.217. The van der Waals surface area contributed by atoms with Crippen LogP contribution in [0.5, 0.6) is 0 Å². The first-order valence-electron chi connectivity index (χ1n) is 4.26. The first-order valence-corrected chi connectivity index (χ1v) is 5.20. The van der Waals surface area contributed by atoms with Gasteiger partial charge in [-0.1, -0.05) is 0 Å². The Hall–Kier alpha value is -0.340. The van der Waals surface area contributed by atoms with Crippen molar-refractivity contribution in [2.45, 2.75) is 39.8 Å². The first-order chi connectivity index (χ1) is 5.49. The van der Waals surface area contributed by atoms with Gasteiger partial charge in [-0.2, -0.15) is 11.3 Å². The minimum atomic E-state index is 0.217. The molecular weight excluding hydrogens is 166 g/mol. The third-order valence-corrected chi connectivity index (χ3v) is 2.68. The maximum absolute atomic E-state index is 3.47. The Labute approximate surface area is 78.8 Å². The van der Waals surface area contributed by atoms with Gasteiger partial charge in [0, 0.05) is 12.1 Å². The van der Waals surface area contributed by atoms with E-state index in [1.807, 2.05) is 0 Å². The molecule has 0 aromatic carbocycles. The Bertz CT molecular complexity index is 245. The molecular formula is C10H17NS. The van der Waals surface area contributed by atoms with Crippen LogP contribution < -0.4 is 5.32 Å². The Morgan fingerprint density at radius 3 is 2.42 bits per heavy atom. The molecule has 0 fully saturated rings. The number of hydrogen-bond donors (Lipinski definition) is 1. The molecule has 0 aliphatic carbocycles. The van der Waals surface area contributed by atoms with Gasteiger partial charge < -0.3 is 5.32 Å². The van der Waals surface area contributed by atoms with Crippen LogP contribution in [0.15, 0.2) is 10.8 Å². The van der Waals surface area contributed by atoms with Crippen molar-refractivity contribution in [2.24, 2.45) is 0 Å². The molecule has 0 saturated carbocycles. The van der Waals surface area contributed by atoms with Gasteiger partial charge in [-0.3, -0.25) is 0 Å². The van der Waals surface area contributed by atoms with E-state index >= 15 is 0 Å². The van der Waals surface area contributed by atoms with Gasteiger partial charge in [-0.25, -0.2) is 0 Å². The summed E-state index contributed by atoms with van der Waals surface area (Å²) in [5.74, 6) is 0. The lowest BCUT2D eigenvalue weighted by atomic mass is 10.1. The molecule has 1 N–H and O–H groups in total. The molecule has 1 heterocycles. The van der Waals surface area contributed by atoms with E-state index in [1.54, 1.807) is 11.3 Å². The van der Waals surface area contributed by atoms with E-state index in [4.69, 9.17) is 0 Å². The molecule has 0 unspecified atom stereocenters. The molecule has 0 bridgehead atoms. The van der Waals surface area contributed by atoms with Gasteiger partial charge >= 0.3 is 0 Å². The fourth-order valence-corrected chi connectivity index (χ4v) is 1.79. The van der Waals surface area contributed by atoms with Crippen molar-refractivity contribution in [3.8, 4) is 0 Å². The highest BCUT2D eigenvalue weighted by atomic mass is 32.1. The summed E-state index contributed by atoms with van der Waals surface area (Å²) in [5.41, 5.74) is 3.04. The fraction of sp³-hybridized carbons (Fsp3) is 0.600. The average Bonchev–Trinajstić information content (AvgIpc) is 2.29. The van der Waals surface area contributed by atoms with Crippen LogP contribution in [0.4, 0.5) is 0 Å². The zero-order chi connectivity index (χ0) is 9.19. The molecule has 2 heteroatoms. The summed E-state index contributed by atoms with van der Waals surface area (Å²) in [7, 11) is 0. The van der Waals surface area contributed by atoms with E-state index in [0.29, 0.717) is 0 Å². The Morgan fingerprint density at radius 2 is 2.00 bits per heavy atom. The van der Waals surface area contributed by atoms with E-state index in [1.165, 1.54) is 11.1 Å². The zero-order valence-corrected chi connectivity index (χ0v) is 9.09. The smallest absolute Gasteiger partial charge is 0.0221 e. The van der Waals surface area contributed by atoms with Gasteiger partial charge in [0.2, 0.25) is 0 Å². The molecule has 12 heavy (non-hydrogen) atoms. The van der Waals surface area contributed by atoms with Crippen LogP contribution in [-0.2, 0) is 6.54 Å². The second-order valence-corrected chi connectivity index (χ2v) is 4.93. The largest absolute Gasteiger partial charge is 0.308 e. The molecule has 1 rings (SSSR count). The van der Waals surface area contributed by atoms with Crippen molar-refractivity contribution in [2.75, 3.05) is 0 Å². The summed E-state index contributed by atoms with van der Waals surface area (Å²) in [4.78, 5) is 0. The molecule has 1 nitrogen and oxygen atoms in total. The van der Waals surface area contributed by atoms with E-state index in [-0.39, 0.29) is 5.54 Å². The lowest BCUT2D eigenvalue weighted by Gasteiger charge is -2.20. The summed E-state index contributed by atoms with van der Waals surface area (Å²) in [6.45, 7) is 9.72. The van der Waals surface area contributed by atoms with E-state index in [0.717, 1.165) is 6.54 Å². The third-order valence-electron chi connectivity index (χ3n) is 1.77. The quantitative estimate of drug-likeness (QED) is 0.743. The van der Waals surface area contributed by atoms with Crippen molar-refractivity contribution in [3.05, 3.63) is 21.9 Å². The van der Waals surface area contributed by atoms with Crippen molar-refractivity contribution in [3.63, 3.8) is 0 Å². The molecule has 0 spiro atoms. The fourth-order valence-electron chi connectivity index (χ4n) is 0.928. The summed E-state index contributed by atoms with van der Waals surface area (Å²) >= 11 is 1.78. The topological polar surface area (TPSA) is 12.0 Å². The van der Waals surface area contributed by atoms with E-state index in [2.05, 4.69) is 43.8 Å². The molecule has 1 aromatic rings. The highest BCUT2D eigenvalue weighted by molar-refractivity contribution is 7.08. The highest BCUT2D eigenvalue weighted by Gasteiger charge is 2.09. The van der Waals surface area contributed by atoms with Gasteiger partial charge in [0.1, 0.15) is 0 Å². The molecule has 0 atom stereocenters. The Kier molecular flexibility index (Phi) is 2.91. The van der Waals surface area contributed by atoms with Gasteiger partial charge in [-0.05, 0) is 49.6 Å². The molecule has 0 radical (unpaired) electrons. The van der Waals surface area contributed by atoms with E-state index < -0.39 is 0 Å². The predicted molar refractivity (Wildman–Crippen MR) is 55.6 cm³/mol. The van der Waals surface area contributed by atoms with Crippen molar-refractivity contribution >= 4 is 11.3 Å². The summed E-state index contributed by atoms with van der Waals surface area (Å²) in [5, 5.41) is 7.88. The van der Waals surface area contributed by atoms with Crippen LogP contribution in [0.3, 0.4) is 0 Å². The lowest BCUT2D eigenvalue weighted by Crippen LogP contribution is -2.35. The molecule has 1 aromatic heterocycles. The van der Waals surface area contributed by atoms with Crippen LogP contribution >= 0.6 is 11.3 Å². The first kappa shape index (κ1) is 9.75. The number of rotatable bonds is 2. The minimum Gasteiger partial charge on any atom is -0.308 e. The van der Waals surface area contributed by atoms with Crippen LogP contribution in [0.2, 0.25) is 0 Å². The highest BCUT2D eigenvalue weighted by Crippen LogP contribution is 2.14. The number of aryl methyl sites for hydroxylation is 1. The number of nitrogens with one attached hydrogen (secondary N) is 1. The van der Waals surface area contributed by atoms with Crippen LogP contribution in [-0.4, -0.2) is 5.54 Å². The van der Waals surface area contributed by atoms with Crippen LogP contribution in [0.25, 0.3) is 0 Å². The van der Waals surface area contributed by atoms with Crippen molar-refractivity contribution in [1.29, 1.82) is 0 Å². The SMILES string of the molecule is Cc1cscc1CNC(C)(C)C. The molecule has 68 valence electrons. The zero-order valence-electron chi connectivity index (χ0n) is 8.27. The van der Waals surface area contributed by atoms with Crippen LogP contribution in [0, 0.1) is 6.92 Å². The third kappa shape index (κ3) is 2.95. The summed E-state index contributed by atoms with van der Waals surface area (Å²) < 4.78 is 0. The molecule has 0 amide bonds. The predicted octanol–water partition coefficient (Wildman–Crippen LogP) is 2.94. The maximum Gasteiger partial charge on any atom is 0.0221 e. The van der Waals surface area contributed by atoms with Gasteiger partial charge in [0.05, 0.1) is 0 Å². The summed E-state index contributed by atoms with van der Waals surface area (Å²) in [6, 6.07) is 0. The normalized spacial score (nSPS) is 12.0. The van der Waals surface area contributed by atoms with Crippen molar-refractivity contribution in [1.82, 2.24) is 5.32 Å². The Morgan fingerprint density at radius 1 is 1.33 bits per heavy atom. The molecule has 0 aliphatic rings. The van der Waals surface area contributed by atoms with E-state index in [9.17, 15) is 0 Å².